The van der Waals surface area contributed by atoms with Gasteiger partial charge in [0.2, 0.25) is 0 Å². The van der Waals surface area contributed by atoms with Gasteiger partial charge in [-0.1, -0.05) is 87.5 Å². The van der Waals surface area contributed by atoms with Crippen LogP contribution in [0.1, 0.15) is 69.6 Å². The Morgan fingerprint density at radius 1 is 0.692 bits per heavy atom. The van der Waals surface area contributed by atoms with E-state index in [9.17, 15) is 5.11 Å². The van der Waals surface area contributed by atoms with Gasteiger partial charge < -0.3 is 38.0 Å². The summed E-state index contributed by atoms with van der Waals surface area (Å²) >= 11 is 0. The highest BCUT2D eigenvalue weighted by atomic mass is 28.4. The van der Waals surface area contributed by atoms with Crippen LogP contribution in [0.5, 0.6) is 11.5 Å². The molecule has 0 aromatic heterocycles. The first-order chi connectivity index (χ1) is 24.8. The van der Waals surface area contributed by atoms with Crippen LogP contribution in [0.25, 0.3) is 0 Å². The molecule has 1 N–H and O–H groups in total. The monoisotopic (exact) mass is 736 g/mol. The third-order valence-electron chi connectivity index (χ3n) is 9.85. The van der Waals surface area contributed by atoms with Crippen molar-refractivity contribution < 1.29 is 38.0 Å². The zero-order valence-corrected chi connectivity index (χ0v) is 33.9. The fourth-order valence-corrected chi connectivity index (χ4v) is 6.61. The molecule has 52 heavy (non-hydrogen) atoms. The predicted octanol–water partition coefficient (Wildman–Crippen LogP) is 9.30. The van der Waals surface area contributed by atoms with Crippen molar-refractivity contribution in [3.8, 4) is 11.5 Å². The molecule has 0 saturated carbocycles. The SMILES string of the molecule is C=C(C[C@@H](O)C[C@H](COCc1ccccc1)OCc1ccc(OC)cc1)C[C@H](C[C@@H](CCO[Si](C)(C)C(C)(C)C)OCc1ccc(OC)cc1)OC. The van der Waals surface area contributed by atoms with Crippen molar-refractivity contribution in [3.05, 3.63) is 108 Å². The molecule has 0 saturated heterocycles. The smallest absolute Gasteiger partial charge is 0.191 e. The maximum atomic E-state index is 11.2. The van der Waals surface area contributed by atoms with Crippen LogP contribution in [0.15, 0.2) is 91.0 Å². The topological polar surface area (TPSA) is 84.8 Å². The van der Waals surface area contributed by atoms with Crippen molar-refractivity contribution in [1.82, 2.24) is 0 Å². The van der Waals surface area contributed by atoms with Gasteiger partial charge in [0.15, 0.2) is 8.32 Å². The van der Waals surface area contributed by atoms with Crippen LogP contribution in [0.4, 0.5) is 0 Å². The number of ether oxygens (including phenoxy) is 6. The number of methoxy groups -OCH3 is 3. The first-order valence-corrected chi connectivity index (χ1v) is 21.3. The normalized spacial score (nSPS) is 14.4. The molecule has 0 heterocycles. The summed E-state index contributed by atoms with van der Waals surface area (Å²) in [5.41, 5.74) is 4.11. The van der Waals surface area contributed by atoms with E-state index in [0.717, 1.165) is 40.2 Å². The largest absolute Gasteiger partial charge is 0.497 e. The molecule has 0 radical (unpaired) electrons. The van der Waals surface area contributed by atoms with Gasteiger partial charge in [-0.25, -0.2) is 0 Å². The summed E-state index contributed by atoms with van der Waals surface area (Å²) in [6.45, 7) is 18.0. The fourth-order valence-electron chi connectivity index (χ4n) is 5.55. The molecule has 0 amide bonds. The van der Waals surface area contributed by atoms with Gasteiger partial charge in [-0.3, -0.25) is 0 Å². The van der Waals surface area contributed by atoms with Gasteiger partial charge in [0.1, 0.15) is 11.5 Å². The Kier molecular flexibility index (Phi) is 18.6. The Morgan fingerprint density at radius 3 is 1.75 bits per heavy atom. The average molecular weight is 737 g/mol. The van der Waals surface area contributed by atoms with Crippen molar-refractivity contribution in [2.45, 2.75) is 115 Å². The molecule has 0 aliphatic heterocycles. The highest BCUT2D eigenvalue weighted by Crippen LogP contribution is 2.36. The Morgan fingerprint density at radius 2 is 1.23 bits per heavy atom. The van der Waals surface area contributed by atoms with Crippen LogP contribution >= 0.6 is 0 Å². The van der Waals surface area contributed by atoms with Crippen LogP contribution in [0.3, 0.4) is 0 Å². The number of aliphatic hydroxyl groups is 1. The molecule has 0 aliphatic carbocycles. The van der Waals surface area contributed by atoms with Gasteiger partial charge in [-0.2, -0.15) is 0 Å². The fraction of sp³-hybridized carbons (Fsp3) is 0.535. The maximum Gasteiger partial charge on any atom is 0.191 e. The van der Waals surface area contributed by atoms with Gasteiger partial charge in [0, 0.05) is 26.6 Å². The lowest BCUT2D eigenvalue weighted by molar-refractivity contribution is -0.0509. The van der Waals surface area contributed by atoms with E-state index in [1.54, 1.807) is 21.3 Å². The Hall–Kier alpha value is -3.02. The van der Waals surface area contributed by atoms with E-state index in [1.165, 1.54) is 0 Å². The molecule has 4 atom stereocenters. The molecule has 3 aromatic rings. The minimum atomic E-state index is -1.90. The van der Waals surface area contributed by atoms with E-state index < -0.39 is 14.4 Å². The van der Waals surface area contributed by atoms with Crippen molar-refractivity contribution >= 4 is 8.32 Å². The summed E-state index contributed by atoms with van der Waals surface area (Å²) in [6.07, 6.45) is 1.76. The number of benzene rings is 3. The van der Waals surface area contributed by atoms with Crippen molar-refractivity contribution in [2.24, 2.45) is 0 Å². The highest BCUT2D eigenvalue weighted by Gasteiger charge is 2.37. The molecule has 0 bridgehead atoms. The van der Waals surface area contributed by atoms with Crippen LogP contribution < -0.4 is 9.47 Å². The Balaban J connectivity index is 1.58. The minimum Gasteiger partial charge on any atom is -0.497 e. The second kappa shape index (κ2) is 22.3. The number of hydrogen-bond acceptors (Lipinski definition) is 8. The quantitative estimate of drug-likeness (QED) is 0.0681. The third-order valence-corrected chi connectivity index (χ3v) is 14.4. The van der Waals surface area contributed by atoms with E-state index in [2.05, 4.69) is 40.4 Å². The average Bonchev–Trinajstić information content (AvgIpc) is 3.12. The molecule has 288 valence electrons. The number of aliphatic hydroxyl groups excluding tert-OH is 1. The number of rotatable bonds is 25. The number of hydrogen-bond donors (Lipinski definition) is 1. The second-order valence-electron chi connectivity index (χ2n) is 15.1. The summed E-state index contributed by atoms with van der Waals surface area (Å²) in [7, 11) is 3.15. The van der Waals surface area contributed by atoms with Crippen LogP contribution in [0.2, 0.25) is 18.1 Å². The molecular weight excluding hydrogens is 673 g/mol. The second-order valence-corrected chi connectivity index (χ2v) is 19.9. The molecule has 3 rings (SSSR count). The van der Waals surface area contributed by atoms with E-state index in [-0.39, 0.29) is 23.4 Å². The molecule has 9 heteroatoms. The van der Waals surface area contributed by atoms with E-state index in [1.807, 2.05) is 78.9 Å². The van der Waals surface area contributed by atoms with Gasteiger partial charge in [-0.15, -0.1) is 0 Å². The van der Waals surface area contributed by atoms with Gasteiger partial charge >= 0.3 is 0 Å². The molecule has 0 fully saturated rings. The Labute approximate surface area is 314 Å². The lowest BCUT2D eigenvalue weighted by Gasteiger charge is -2.36. The standard InChI is InChI=1S/C43H64O8Si/c1-33(25-37(44)27-42(32-48-29-34-13-11-10-12-14-34)50-31-36-17-21-39(46-6)22-18-36)26-41(47-7)28-40(23-24-51-52(8,9)43(2,3)4)49-30-35-15-19-38(45-5)20-16-35/h10-22,37,40-42,44H,1,23-32H2,2-9H3/t37-,40-,41-,42-/m1/s1. The van der Waals surface area contributed by atoms with E-state index in [0.29, 0.717) is 58.7 Å². The summed E-state index contributed by atoms with van der Waals surface area (Å²) in [5.74, 6) is 1.61. The first-order valence-electron chi connectivity index (χ1n) is 18.4. The van der Waals surface area contributed by atoms with Crippen LogP contribution in [0, 0.1) is 0 Å². The van der Waals surface area contributed by atoms with Crippen LogP contribution in [-0.4, -0.2) is 72.4 Å². The van der Waals surface area contributed by atoms with E-state index in [4.69, 9.17) is 32.8 Å². The molecule has 8 nitrogen and oxygen atoms in total. The summed E-state index contributed by atoms with van der Waals surface area (Å²) in [5, 5.41) is 11.4. The molecular formula is C43H64O8Si. The lowest BCUT2D eigenvalue weighted by atomic mass is 9.97. The van der Waals surface area contributed by atoms with E-state index >= 15 is 0 Å². The summed E-state index contributed by atoms with van der Waals surface area (Å²) in [4.78, 5) is 0. The predicted molar refractivity (Wildman–Crippen MR) is 211 cm³/mol. The van der Waals surface area contributed by atoms with Gasteiger partial charge in [-0.05, 0) is 78.4 Å². The zero-order valence-electron chi connectivity index (χ0n) is 32.9. The molecule has 0 spiro atoms. The molecule has 0 aliphatic rings. The van der Waals surface area contributed by atoms with Crippen molar-refractivity contribution in [1.29, 1.82) is 0 Å². The first kappa shape index (κ1) is 43.4. The van der Waals surface area contributed by atoms with Gasteiger partial charge in [0.25, 0.3) is 0 Å². The Bertz CT molecular complexity index is 1410. The highest BCUT2D eigenvalue weighted by molar-refractivity contribution is 6.74. The molecule has 0 unspecified atom stereocenters. The van der Waals surface area contributed by atoms with Crippen LogP contribution in [-0.2, 0) is 43.2 Å². The molecule has 3 aromatic carbocycles. The van der Waals surface area contributed by atoms with Crippen molar-refractivity contribution in [2.75, 3.05) is 34.5 Å². The minimum absolute atomic E-state index is 0.0768. The van der Waals surface area contributed by atoms with Crippen molar-refractivity contribution in [3.63, 3.8) is 0 Å². The summed E-state index contributed by atoms with van der Waals surface area (Å²) in [6, 6.07) is 25.8. The lowest BCUT2D eigenvalue weighted by Crippen LogP contribution is -2.41. The third kappa shape index (κ3) is 15.9. The zero-order chi connectivity index (χ0) is 38.0. The summed E-state index contributed by atoms with van der Waals surface area (Å²) < 4.78 is 41.9. The maximum absolute atomic E-state index is 11.2. The van der Waals surface area contributed by atoms with Gasteiger partial charge in [0.05, 0.1) is 65.1 Å².